The fraction of sp³-hybridized carbons (Fsp3) is 0.633. The molecule has 208 valence electrons. The van der Waals surface area contributed by atoms with Crippen LogP contribution in [0.25, 0.3) is 0 Å². The van der Waals surface area contributed by atoms with E-state index in [4.69, 9.17) is 0 Å². The van der Waals surface area contributed by atoms with Crippen molar-refractivity contribution in [2.45, 2.75) is 102 Å². The molecule has 1 aromatic heterocycles. The second kappa shape index (κ2) is 12.9. The number of hydrogen-bond acceptors (Lipinski definition) is 4. The predicted octanol–water partition coefficient (Wildman–Crippen LogP) is 8.66. The first kappa shape index (κ1) is 28.4. The van der Waals surface area contributed by atoms with Crippen molar-refractivity contribution in [1.29, 1.82) is 0 Å². The lowest BCUT2D eigenvalue weighted by atomic mass is 9.76. The van der Waals surface area contributed by atoms with Crippen molar-refractivity contribution in [3.63, 3.8) is 0 Å². The third kappa shape index (κ3) is 7.93. The molecule has 4 rings (SSSR count). The van der Waals surface area contributed by atoms with Gasteiger partial charge in [0.2, 0.25) is 5.95 Å². The summed E-state index contributed by atoms with van der Waals surface area (Å²) in [7, 11) is 0. The minimum absolute atomic E-state index is 0.0618. The van der Waals surface area contributed by atoms with Gasteiger partial charge in [0, 0.05) is 11.9 Å². The molecule has 2 aliphatic carbocycles. The zero-order valence-electron chi connectivity index (χ0n) is 22.3. The highest BCUT2D eigenvalue weighted by Crippen LogP contribution is 2.40. The molecule has 2 aliphatic rings. The van der Waals surface area contributed by atoms with Gasteiger partial charge in [-0.1, -0.05) is 63.9 Å². The molecule has 1 aromatic carbocycles. The van der Waals surface area contributed by atoms with E-state index in [2.05, 4.69) is 21.4 Å². The van der Waals surface area contributed by atoms with Crippen molar-refractivity contribution >= 4 is 17.6 Å². The number of nitrogens with zero attached hydrogens (tertiary/aromatic N) is 2. The second-order valence-electron chi connectivity index (χ2n) is 11.4. The van der Waals surface area contributed by atoms with E-state index in [0.717, 1.165) is 82.0 Å². The monoisotopic (exact) mass is 531 g/mol. The molecule has 8 heteroatoms. The summed E-state index contributed by atoms with van der Waals surface area (Å²) < 4.78 is 39.3. The normalized spacial score (nSPS) is 25.8. The highest BCUT2D eigenvalue weighted by molar-refractivity contribution is 5.69. The molecule has 0 bridgehead atoms. The zero-order valence-corrected chi connectivity index (χ0v) is 22.3. The summed E-state index contributed by atoms with van der Waals surface area (Å²) in [6, 6.07) is 7.01. The van der Waals surface area contributed by atoms with Gasteiger partial charge in [0.25, 0.3) is 0 Å². The molecule has 4 atom stereocenters. The Morgan fingerprint density at radius 3 is 2.39 bits per heavy atom. The van der Waals surface area contributed by atoms with Gasteiger partial charge in [-0.2, -0.15) is 13.2 Å². The summed E-state index contributed by atoms with van der Waals surface area (Å²) >= 11 is 0. The van der Waals surface area contributed by atoms with E-state index in [-0.39, 0.29) is 11.9 Å². The van der Waals surface area contributed by atoms with Crippen molar-refractivity contribution < 1.29 is 23.1 Å². The van der Waals surface area contributed by atoms with E-state index >= 15 is 0 Å². The van der Waals surface area contributed by atoms with Gasteiger partial charge in [0.1, 0.15) is 5.69 Å². The number of aliphatic carboxylic acids is 1. The molecule has 0 radical (unpaired) electrons. The topological polar surface area (TPSA) is 75.1 Å². The van der Waals surface area contributed by atoms with Crippen LogP contribution in [0.2, 0.25) is 0 Å². The summed E-state index contributed by atoms with van der Waals surface area (Å²) in [5.74, 6) is 0.617. The Morgan fingerprint density at radius 2 is 1.61 bits per heavy atom. The average Bonchev–Trinajstić information content (AvgIpc) is 3.13. The summed E-state index contributed by atoms with van der Waals surface area (Å²) in [4.78, 5) is 19.4. The lowest BCUT2D eigenvalue weighted by molar-refractivity contribution is -0.143. The summed E-state index contributed by atoms with van der Waals surface area (Å²) in [6.07, 6.45) is 10.7. The van der Waals surface area contributed by atoms with Crippen LogP contribution in [0.1, 0.15) is 106 Å². The molecule has 0 saturated heterocycles. The quantitative estimate of drug-likeness (QED) is 0.378. The Balaban J connectivity index is 1.44. The molecule has 1 heterocycles. The number of aromatic nitrogens is 2. The van der Waals surface area contributed by atoms with Crippen LogP contribution in [-0.2, 0) is 11.0 Å². The van der Waals surface area contributed by atoms with Crippen molar-refractivity contribution in [2.75, 3.05) is 5.32 Å². The number of anilines is 2. The number of halogens is 3. The molecular formula is C30H40F3N3O2. The van der Waals surface area contributed by atoms with Crippen molar-refractivity contribution in [3.8, 4) is 0 Å². The Labute approximate surface area is 223 Å². The summed E-state index contributed by atoms with van der Waals surface area (Å²) in [5.41, 5.74) is 1.99. The largest absolute Gasteiger partial charge is 0.481 e. The van der Waals surface area contributed by atoms with Gasteiger partial charge in [0.15, 0.2) is 0 Å². The average molecular weight is 532 g/mol. The predicted molar refractivity (Wildman–Crippen MR) is 142 cm³/mol. The van der Waals surface area contributed by atoms with Gasteiger partial charge in [-0.3, -0.25) is 4.79 Å². The third-order valence-corrected chi connectivity index (χ3v) is 8.51. The highest BCUT2D eigenvalue weighted by atomic mass is 19.4. The number of rotatable bonds is 5. The molecule has 0 amide bonds. The van der Waals surface area contributed by atoms with Crippen LogP contribution in [0, 0.1) is 24.7 Å². The number of aryl methyl sites for hydroxylation is 1. The van der Waals surface area contributed by atoms with Gasteiger partial charge in [-0.25, -0.2) is 9.97 Å². The Bertz CT molecular complexity index is 1070. The Morgan fingerprint density at radius 1 is 0.921 bits per heavy atom. The van der Waals surface area contributed by atoms with E-state index in [1.807, 2.05) is 19.1 Å². The molecule has 38 heavy (non-hydrogen) atoms. The van der Waals surface area contributed by atoms with Crippen LogP contribution in [0.4, 0.5) is 24.8 Å². The first-order valence-corrected chi connectivity index (χ1v) is 14.2. The number of carboxylic acids is 1. The van der Waals surface area contributed by atoms with E-state index < -0.39 is 17.8 Å². The van der Waals surface area contributed by atoms with Gasteiger partial charge < -0.3 is 10.4 Å². The maximum atomic E-state index is 13.1. The van der Waals surface area contributed by atoms with E-state index in [9.17, 15) is 23.1 Å². The number of benzene rings is 1. The summed E-state index contributed by atoms with van der Waals surface area (Å²) in [5, 5.41) is 12.6. The van der Waals surface area contributed by atoms with Crippen LogP contribution in [0.5, 0.6) is 0 Å². The second-order valence-corrected chi connectivity index (χ2v) is 11.4. The molecule has 2 saturated carbocycles. The number of carboxylic acid groups (broad SMARTS) is 1. The maximum absolute atomic E-state index is 13.1. The van der Waals surface area contributed by atoms with Crippen molar-refractivity contribution in [2.24, 2.45) is 17.8 Å². The standard InChI is InChI=1S/C30H40F3N3O2/c1-20-16-25(19-26(17-20)35-29-34-15-14-27(36-29)30(31,32)33)22-9-4-2-3-8-21(12-7-13-22)23-10-5-6-11-24(18-23)28(37)38/h14-17,19,21-24H,2-13,18H2,1H3,(H,37,38)(H,34,35,36). The fourth-order valence-electron chi connectivity index (χ4n) is 6.57. The Kier molecular flexibility index (Phi) is 9.66. The van der Waals surface area contributed by atoms with Crippen LogP contribution >= 0.6 is 0 Å². The Hall–Kier alpha value is -2.64. The van der Waals surface area contributed by atoms with Crippen molar-refractivity contribution in [1.82, 2.24) is 9.97 Å². The molecule has 2 N–H and O–H groups in total. The van der Waals surface area contributed by atoms with Crippen LogP contribution in [0.3, 0.4) is 0 Å². The zero-order chi connectivity index (χ0) is 27.1. The van der Waals surface area contributed by atoms with Gasteiger partial charge in [-0.15, -0.1) is 0 Å². The minimum atomic E-state index is -4.52. The minimum Gasteiger partial charge on any atom is -0.481 e. The van der Waals surface area contributed by atoms with Crippen LogP contribution in [-0.4, -0.2) is 21.0 Å². The lowest BCUT2D eigenvalue weighted by Gasteiger charge is -2.30. The number of carbonyl (C=O) groups is 1. The smallest absolute Gasteiger partial charge is 0.433 e. The molecule has 2 aromatic rings. The lowest BCUT2D eigenvalue weighted by Crippen LogP contribution is -2.22. The highest BCUT2D eigenvalue weighted by Gasteiger charge is 2.33. The van der Waals surface area contributed by atoms with Gasteiger partial charge in [0.05, 0.1) is 5.92 Å². The molecule has 4 unspecified atom stereocenters. The maximum Gasteiger partial charge on any atom is 0.433 e. The summed E-state index contributed by atoms with van der Waals surface area (Å²) in [6.45, 7) is 2.00. The molecule has 0 aliphatic heterocycles. The number of hydrogen-bond donors (Lipinski definition) is 2. The number of alkyl halides is 3. The van der Waals surface area contributed by atoms with E-state index in [0.29, 0.717) is 23.4 Å². The van der Waals surface area contributed by atoms with E-state index in [1.54, 1.807) is 0 Å². The van der Waals surface area contributed by atoms with Gasteiger partial charge in [-0.05, 0) is 79.7 Å². The number of nitrogens with one attached hydrogen (secondary N) is 1. The fourth-order valence-corrected chi connectivity index (χ4v) is 6.57. The van der Waals surface area contributed by atoms with E-state index in [1.165, 1.54) is 24.8 Å². The SMILES string of the molecule is Cc1cc(Nc2nccc(C(F)(F)F)n2)cc(C2CCCCCC(C3CCCCC(C(=O)O)C3)CCC2)c1. The molecular weight excluding hydrogens is 491 g/mol. The van der Waals surface area contributed by atoms with Crippen molar-refractivity contribution in [3.05, 3.63) is 47.3 Å². The first-order valence-electron chi connectivity index (χ1n) is 14.2. The first-order chi connectivity index (χ1) is 18.2. The third-order valence-electron chi connectivity index (χ3n) is 8.51. The molecule has 5 nitrogen and oxygen atoms in total. The molecule has 0 spiro atoms. The molecule has 2 fully saturated rings. The van der Waals surface area contributed by atoms with Crippen LogP contribution in [0.15, 0.2) is 30.5 Å². The van der Waals surface area contributed by atoms with Crippen LogP contribution < -0.4 is 5.32 Å². The van der Waals surface area contributed by atoms with Gasteiger partial charge >= 0.3 is 12.1 Å².